The monoisotopic (exact) mass is 304 g/mol. The number of nitrogens with one attached hydrogen (secondary N) is 2. The Labute approximate surface area is 128 Å². The molecule has 22 heavy (non-hydrogen) atoms. The van der Waals surface area contributed by atoms with Gasteiger partial charge in [-0.1, -0.05) is 12.1 Å². The van der Waals surface area contributed by atoms with E-state index in [2.05, 4.69) is 10.2 Å². The molecule has 1 atom stereocenters. The lowest BCUT2D eigenvalue weighted by atomic mass is 9.88. The second-order valence-corrected chi connectivity index (χ2v) is 4.95. The van der Waals surface area contributed by atoms with Crippen molar-refractivity contribution in [1.29, 1.82) is 0 Å². The maximum atomic E-state index is 12.1. The number of ether oxygens (including phenoxy) is 2. The van der Waals surface area contributed by atoms with Crippen LogP contribution in [0.4, 0.5) is 0 Å². The van der Waals surface area contributed by atoms with Gasteiger partial charge in [-0.2, -0.15) is 0 Å². The van der Waals surface area contributed by atoms with E-state index in [-0.39, 0.29) is 23.9 Å². The summed E-state index contributed by atoms with van der Waals surface area (Å²) < 4.78 is 10.2. The summed E-state index contributed by atoms with van der Waals surface area (Å²) in [7, 11) is 1.59. The average molecular weight is 304 g/mol. The number of aromatic amines is 2. The van der Waals surface area contributed by atoms with Crippen LogP contribution in [0.15, 0.2) is 29.1 Å². The van der Waals surface area contributed by atoms with Crippen LogP contribution in [0, 0.1) is 6.92 Å². The molecule has 6 nitrogen and oxygen atoms in total. The fraction of sp³-hybridized carbons (Fsp3) is 0.375. The summed E-state index contributed by atoms with van der Waals surface area (Å²) in [6, 6.07) is 7.33. The smallest absolute Gasteiger partial charge is 0.306 e. The van der Waals surface area contributed by atoms with Crippen molar-refractivity contribution in [3.8, 4) is 5.75 Å². The number of carbonyl (C=O) groups is 1. The van der Waals surface area contributed by atoms with Gasteiger partial charge in [-0.25, -0.2) is 0 Å². The van der Waals surface area contributed by atoms with Gasteiger partial charge in [0.15, 0.2) is 0 Å². The molecule has 0 radical (unpaired) electrons. The molecule has 0 unspecified atom stereocenters. The number of aromatic nitrogens is 2. The van der Waals surface area contributed by atoms with Gasteiger partial charge in [0.1, 0.15) is 5.75 Å². The molecule has 0 bridgehead atoms. The number of hydrogen-bond acceptors (Lipinski definition) is 4. The molecule has 1 aromatic heterocycles. The first-order valence-corrected chi connectivity index (χ1v) is 7.13. The van der Waals surface area contributed by atoms with Gasteiger partial charge in [-0.05, 0) is 31.5 Å². The highest BCUT2D eigenvalue weighted by Gasteiger charge is 2.24. The van der Waals surface area contributed by atoms with Crippen LogP contribution in [-0.2, 0) is 9.53 Å². The molecular formula is C16H20N2O4. The predicted molar refractivity (Wildman–Crippen MR) is 82.2 cm³/mol. The lowest BCUT2D eigenvalue weighted by molar-refractivity contribution is -0.143. The third kappa shape index (κ3) is 3.39. The van der Waals surface area contributed by atoms with Crippen molar-refractivity contribution >= 4 is 5.97 Å². The van der Waals surface area contributed by atoms with Gasteiger partial charge < -0.3 is 14.6 Å². The van der Waals surface area contributed by atoms with Gasteiger partial charge in [-0.15, -0.1) is 0 Å². The fourth-order valence-corrected chi connectivity index (χ4v) is 2.48. The number of rotatable bonds is 6. The van der Waals surface area contributed by atoms with Crippen LogP contribution in [0.3, 0.4) is 0 Å². The normalized spacial score (nSPS) is 12.0. The molecular weight excluding hydrogens is 284 g/mol. The van der Waals surface area contributed by atoms with Crippen molar-refractivity contribution in [3.05, 3.63) is 51.4 Å². The van der Waals surface area contributed by atoms with Gasteiger partial charge in [-0.3, -0.25) is 14.7 Å². The Morgan fingerprint density at radius 3 is 2.41 bits per heavy atom. The maximum absolute atomic E-state index is 12.1. The molecule has 2 aromatic rings. The zero-order valence-corrected chi connectivity index (χ0v) is 12.9. The van der Waals surface area contributed by atoms with Crippen molar-refractivity contribution in [2.75, 3.05) is 13.7 Å². The molecule has 0 saturated heterocycles. The van der Waals surface area contributed by atoms with Crippen molar-refractivity contribution in [2.24, 2.45) is 0 Å². The molecule has 0 amide bonds. The minimum absolute atomic E-state index is 0.113. The van der Waals surface area contributed by atoms with Crippen molar-refractivity contribution in [1.82, 2.24) is 10.2 Å². The Bertz CT molecular complexity index is 685. The minimum Gasteiger partial charge on any atom is -0.497 e. The summed E-state index contributed by atoms with van der Waals surface area (Å²) in [6.45, 7) is 3.88. The fourth-order valence-electron chi connectivity index (χ4n) is 2.48. The quantitative estimate of drug-likeness (QED) is 0.801. The van der Waals surface area contributed by atoms with E-state index in [0.717, 1.165) is 17.0 Å². The lowest BCUT2D eigenvalue weighted by Crippen LogP contribution is -2.18. The van der Waals surface area contributed by atoms with E-state index < -0.39 is 0 Å². The summed E-state index contributed by atoms with van der Waals surface area (Å²) in [5, 5.41) is 5.36. The molecule has 2 N–H and O–H groups in total. The van der Waals surface area contributed by atoms with Crippen molar-refractivity contribution in [3.63, 3.8) is 0 Å². The highest BCUT2D eigenvalue weighted by molar-refractivity contribution is 5.71. The highest BCUT2D eigenvalue weighted by Crippen LogP contribution is 2.29. The summed E-state index contributed by atoms with van der Waals surface area (Å²) >= 11 is 0. The Kier molecular flexibility index (Phi) is 5.04. The predicted octanol–water partition coefficient (Wildman–Crippen LogP) is 2.11. The first kappa shape index (κ1) is 15.9. The number of benzene rings is 1. The van der Waals surface area contributed by atoms with E-state index in [1.807, 2.05) is 24.3 Å². The van der Waals surface area contributed by atoms with E-state index in [1.54, 1.807) is 21.0 Å². The van der Waals surface area contributed by atoms with Crippen LogP contribution in [0.1, 0.15) is 36.1 Å². The Morgan fingerprint density at radius 2 is 1.91 bits per heavy atom. The summed E-state index contributed by atoms with van der Waals surface area (Å²) in [4.78, 5) is 24.0. The van der Waals surface area contributed by atoms with Gasteiger partial charge in [0, 0.05) is 17.2 Å². The molecule has 118 valence electrons. The molecule has 0 aliphatic carbocycles. The third-order valence-electron chi connectivity index (χ3n) is 3.55. The Hall–Kier alpha value is -2.50. The van der Waals surface area contributed by atoms with Crippen LogP contribution in [0.5, 0.6) is 5.75 Å². The maximum Gasteiger partial charge on any atom is 0.306 e. The van der Waals surface area contributed by atoms with Crippen LogP contribution in [0.25, 0.3) is 0 Å². The number of H-pyrrole nitrogens is 2. The molecule has 0 saturated carbocycles. The molecule has 2 rings (SSSR count). The summed E-state index contributed by atoms with van der Waals surface area (Å²) in [5.74, 6) is 0.0293. The second kappa shape index (κ2) is 6.98. The SMILES string of the molecule is CCOC(=O)C[C@@H](c1ccc(OC)cc1)c1c(C)[nH][nH]c1=O. The van der Waals surface area contributed by atoms with E-state index in [1.165, 1.54) is 0 Å². The molecule has 0 aliphatic rings. The van der Waals surface area contributed by atoms with Crippen molar-refractivity contribution in [2.45, 2.75) is 26.2 Å². The van der Waals surface area contributed by atoms with Crippen LogP contribution in [-0.4, -0.2) is 29.9 Å². The van der Waals surface area contributed by atoms with Gasteiger partial charge in [0.2, 0.25) is 0 Å². The topological polar surface area (TPSA) is 84.2 Å². The van der Waals surface area contributed by atoms with Crippen LogP contribution >= 0.6 is 0 Å². The standard InChI is InChI=1S/C16H20N2O4/c1-4-22-14(19)9-13(15-10(2)17-18-16(15)20)11-5-7-12(21-3)8-6-11/h5-8,13H,4,9H2,1-3H3,(H2,17,18,20)/t13-/m0/s1. The second-order valence-electron chi connectivity index (χ2n) is 4.95. The molecule has 0 fully saturated rings. The Morgan fingerprint density at radius 1 is 1.23 bits per heavy atom. The molecule has 6 heteroatoms. The number of methoxy groups -OCH3 is 1. The third-order valence-corrected chi connectivity index (χ3v) is 3.55. The summed E-state index contributed by atoms with van der Waals surface area (Å²) in [6.07, 6.45) is 0.113. The summed E-state index contributed by atoms with van der Waals surface area (Å²) in [5.41, 5.74) is 1.91. The van der Waals surface area contributed by atoms with Gasteiger partial charge >= 0.3 is 5.97 Å². The van der Waals surface area contributed by atoms with E-state index in [0.29, 0.717) is 12.2 Å². The molecule has 0 aliphatic heterocycles. The van der Waals surface area contributed by atoms with E-state index >= 15 is 0 Å². The van der Waals surface area contributed by atoms with Crippen LogP contribution < -0.4 is 10.3 Å². The largest absolute Gasteiger partial charge is 0.497 e. The van der Waals surface area contributed by atoms with Gasteiger partial charge in [0.25, 0.3) is 5.56 Å². The zero-order chi connectivity index (χ0) is 16.1. The minimum atomic E-state index is -0.361. The number of aryl methyl sites for hydroxylation is 1. The molecule has 0 spiro atoms. The molecule has 1 heterocycles. The zero-order valence-electron chi connectivity index (χ0n) is 12.9. The van der Waals surface area contributed by atoms with Crippen LogP contribution in [0.2, 0.25) is 0 Å². The Balaban J connectivity index is 2.40. The lowest BCUT2D eigenvalue weighted by Gasteiger charge is -2.16. The average Bonchev–Trinajstić information content (AvgIpc) is 2.84. The first-order valence-electron chi connectivity index (χ1n) is 7.13. The number of hydrogen-bond donors (Lipinski definition) is 2. The van der Waals surface area contributed by atoms with Crippen molar-refractivity contribution < 1.29 is 14.3 Å². The van der Waals surface area contributed by atoms with E-state index in [4.69, 9.17) is 9.47 Å². The number of carbonyl (C=O) groups excluding carboxylic acids is 1. The van der Waals surface area contributed by atoms with E-state index in [9.17, 15) is 9.59 Å². The van der Waals surface area contributed by atoms with Gasteiger partial charge in [0.05, 0.1) is 20.1 Å². The molecule has 1 aromatic carbocycles. The number of esters is 1. The first-order chi connectivity index (χ1) is 10.6. The highest BCUT2D eigenvalue weighted by atomic mass is 16.5.